The van der Waals surface area contributed by atoms with E-state index in [1.807, 2.05) is 0 Å². The molecule has 3 aliphatic rings. The number of hydrogen-bond donors (Lipinski definition) is 0. The summed E-state index contributed by atoms with van der Waals surface area (Å²) in [5.74, 6) is -1.94. The quantitative estimate of drug-likeness (QED) is 0.413. The maximum absolute atomic E-state index is 11.8. The summed E-state index contributed by atoms with van der Waals surface area (Å²) in [4.78, 5) is 34.7. The summed E-state index contributed by atoms with van der Waals surface area (Å²) in [5.41, 5.74) is -0.746. The zero-order valence-electron chi connectivity index (χ0n) is 11.8. The largest absolute Gasteiger partial charge is 0.453 e. The van der Waals surface area contributed by atoms with Gasteiger partial charge in [0.25, 0.3) is 0 Å². The molecule has 0 radical (unpaired) electrons. The van der Waals surface area contributed by atoms with E-state index in [0.29, 0.717) is 6.42 Å². The Morgan fingerprint density at radius 2 is 2.19 bits per heavy atom. The van der Waals surface area contributed by atoms with Crippen LogP contribution in [0.5, 0.6) is 0 Å². The minimum atomic E-state index is -0.946. The van der Waals surface area contributed by atoms with E-state index >= 15 is 0 Å². The smallest absolute Gasteiger partial charge is 0.344 e. The molecule has 0 aliphatic carbocycles. The first-order valence-corrected chi connectivity index (χ1v) is 6.73. The van der Waals surface area contributed by atoms with Crippen molar-refractivity contribution in [2.24, 2.45) is 5.92 Å². The Hall–Kier alpha value is -1.89. The van der Waals surface area contributed by atoms with Crippen molar-refractivity contribution in [2.75, 3.05) is 6.61 Å². The molecule has 3 saturated heterocycles. The highest BCUT2D eigenvalue weighted by molar-refractivity contribution is 5.88. The van der Waals surface area contributed by atoms with E-state index in [1.54, 1.807) is 6.92 Å². The fourth-order valence-corrected chi connectivity index (χ4v) is 3.22. The standard InChI is InChI=1S/C14H16O7/c1-6(2)12(16)18-5-9(15)20-11-8-4-7-10(19-8)14(11,3)21-13(7)17/h7-8,10-11H,1,4-5H2,2-3H3. The monoisotopic (exact) mass is 296 g/mol. The molecule has 3 heterocycles. The number of hydrogen-bond acceptors (Lipinski definition) is 7. The maximum Gasteiger partial charge on any atom is 0.344 e. The van der Waals surface area contributed by atoms with E-state index in [2.05, 4.69) is 6.58 Å². The number of ether oxygens (including phenoxy) is 4. The molecular weight excluding hydrogens is 280 g/mol. The van der Waals surface area contributed by atoms with Crippen molar-refractivity contribution in [1.29, 1.82) is 0 Å². The van der Waals surface area contributed by atoms with E-state index in [9.17, 15) is 14.4 Å². The summed E-state index contributed by atoms with van der Waals surface area (Å²) in [5, 5.41) is 0. The molecular formula is C14H16O7. The highest BCUT2D eigenvalue weighted by Gasteiger charge is 2.72. The van der Waals surface area contributed by atoms with Crippen LogP contribution in [-0.2, 0) is 33.3 Å². The lowest BCUT2D eigenvalue weighted by Crippen LogP contribution is -2.50. The van der Waals surface area contributed by atoms with Crippen LogP contribution in [0.1, 0.15) is 20.3 Å². The Morgan fingerprint density at radius 3 is 2.86 bits per heavy atom. The Balaban J connectivity index is 1.61. The zero-order chi connectivity index (χ0) is 15.4. The van der Waals surface area contributed by atoms with Crippen LogP contribution in [0, 0.1) is 5.92 Å². The highest BCUT2D eigenvalue weighted by Crippen LogP contribution is 2.53. The predicted octanol–water partition coefficient (Wildman–Crippen LogP) is 0.120. The number of carbonyl (C=O) groups is 3. The number of esters is 3. The normalized spacial score (nSPS) is 39.0. The number of carbonyl (C=O) groups excluding carboxylic acids is 3. The van der Waals surface area contributed by atoms with Crippen LogP contribution in [0.4, 0.5) is 0 Å². The van der Waals surface area contributed by atoms with Crippen LogP contribution >= 0.6 is 0 Å². The van der Waals surface area contributed by atoms with Gasteiger partial charge in [0.1, 0.15) is 12.2 Å². The van der Waals surface area contributed by atoms with Crippen molar-refractivity contribution in [3.63, 3.8) is 0 Å². The summed E-state index contributed by atoms with van der Waals surface area (Å²) in [6.45, 7) is 6.09. The van der Waals surface area contributed by atoms with Gasteiger partial charge in [0.2, 0.25) is 0 Å². The molecule has 21 heavy (non-hydrogen) atoms. The molecule has 0 saturated carbocycles. The molecule has 3 aliphatic heterocycles. The summed E-state index contributed by atoms with van der Waals surface area (Å²) in [7, 11) is 0. The topological polar surface area (TPSA) is 88.1 Å². The Morgan fingerprint density at radius 1 is 1.48 bits per heavy atom. The SMILES string of the molecule is C=C(C)C(=O)OCC(=O)OC1C2CC3C(=O)OC1(C)C3O2. The second-order valence-electron chi connectivity index (χ2n) is 5.81. The lowest BCUT2D eigenvalue weighted by molar-refractivity contribution is -0.175. The molecule has 0 amide bonds. The zero-order valence-corrected chi connectivity index (χ0v) is 11.8. The van der Waals surface area contributed by atoms with Gasteiger partial charge in [0.15, 0.2) is 18.3 Å². The van der Waals surface area contributed by atoms with Gasteiger partial charge in [0, 0.05) is 5.57 Å². The predicted molar refractivity (Wildman–Crippen MR) is 66.9 cm³/mol. The molecule has 5 atom stereocenters. The Labute approximate surface area is 121 Å². The molecule has 7 nitrogen and oxygen atoms in total. The summed E-state index contributed by atoms with van der Waals surface area (Å²) < 4.78 is 21.0. The van der Waals surface area contributed by atoms with Crippen LogP contribution in [0.25, 0.3) is 0 Å². The molecule has 3 rings (SSSR count). The van der Waals surface area contributed by atoms with Gasteiger partial charge in [-0.15, -0.1) is 0 Å². The van der Waals surface area contributed by atoms with Crippen LogP contribution < -0.4 is 0 Å². The fourth-order valence-electron chi connectivity index (χ4n) is 3.22. The van der Waals surface area contributed by atoms with E-state index in [0.717, 1.165) is 0 Å². The minimum Gasteiger partial charge on any atom is -0.453 e. The van der Waals surface area contributed by atoms with Gasteiger partial charge in [-0.1, -0.05) is 6.58 Å². The van der Waals surface area contributed by atoms with Gasteiger partial charge in [0.05, 0.1) is 5.92 Å². The van der Waals surface area contributed by atoms with Gasteiger partial charge in [-0.3, -0.25) is 4.79 Å². The Bertz CT molecular complexity index is 539. The first kappa shape index (κ1) is 14.1. The highest BCUT2D eigenvalue weighted by atomic mass is 16.7. The van der Waals surface area contributed by atoms with Gasteiger partial charge < -0.3 is 18.9 Å². The summed E-state index contributed by atoms with van der Waals surface area (Å²) in [6, 6.07) is 0. The molecule has 0 aromatic carbocycles. The number of fused-ring (bicyclic) bond motifs is 1. The van der Waals surface area contributed by atoms with Crippen molar-refractivity contribution in [3.8, 4) is 0 Å². The van der Waals surface area contributed by atoms with E-state index < -0.39 is 30.3 Å². The van der Waals surface area contributed by atoms with E-state index in [-0.39, 0.29) is 29.7 Å². The molecule has 0 N–H and O–H groups in total. The second-order valence-corrected chi connectivity index (χ2v) is 5.81. The van der Waals surface area contributed by atoms with Crippen molar-refractivity contribution in [3.05, 3.63) is 12.2 Å². The van der Waals surface area contributed by atoms with Crippen molar-refractivity contribution < 1.29 is 33.3 Å². The number of rotatable bonds is 4. The molecule has 114 valence electrons. The second kappa shape index (κ2) is 4.56. The third-order valence-corrected chi connectivity index (χ3v) is 4.19. The summed E-state index contributed by atoms with van der Waals surface area (Å²) in [6.07, 6.45) is -0.896. The van der Waals surface area contributed by atoms with Gasteiger partial charge >= 0.3 is 17.9 Å². The van der Waals surface area contributed by atoms with Crippen molar-refractivity contribution >= 4 is 17.9 Å². The van der Waals surface area contributed by atoms with E-state index in [4.69, 9.17) is 18.9 Å². The average molecular weight is 296 g/mol. The first-order valence-electron chi connectivity index (χ1n) is 6.73. The molecule has 3 fully saturated rings. The van der Waals surface area contributed by atoms with Crippen LogP contribution in [-0.4, -0.2) is 48.4 Å². The fraction of sp³-hybridized carbons (Fsp3) is 0.643. The van der Waals surface area contributed by atoms with Crippen LogP contribution in [0.3, 0.4) is 0 Å². The molecule has 5 unspecified atom stereocenters. The maximum atomic E-state index is 11.8. The molecule has 0 aromatic rings. The van der Waals surface area contributed by atoms with E-state index in [1.165, 1.54) is 6.92 Å². The van der Waals surface area contributed by atoms with Gasteiger partial charge in [-0.2, -0.15) is 0 Å². The summed E-state index contributed by atoms with van der Waals surface area (Å²) >= 11 is 0. The van der Waals surface area contributed by atoms with Crippen LogP contribution in [0.15, 0.2) is 12.2 Å². The van der Waals surface area contributed by atoms with Crippen LogP contribution in [0.2, 0.25) is 0 Å². The lowest BCUT2D eigenvalue weighted by Gasteiger charge is -2.31. The Kier molecular flexibility index (Phi) is 3.05. The third-order valence-electron chi connectivity index (χ3n) is 4.19. The van der Waals surface area contributed by atoms with Gasteiger partial charge in [-0.05, 0) is 20.3 Å². The van der Waals surface area contributed by atoms with Gasteiger partial charge in [-0.25, -0.2) is 9.59 Å². The minimum absolute atomic E-state index is 0.200. The molecule has 0 aromatic heterocycles. The van der Waals surface area contributed by atoms with Crippen molar-refractivity contribution in [1.82, 2.24) is 0 Å². The van der Waals surface area contributed by atoms with Crippen molar-refractivity contribution in [2.45, 2.75) is 44.2 Å². The lowest BCUT2D eigenvalue weighted by atomic mass is 9.80. The third kappa shape index (κ3) is 2.03. The molecule has 2 bridgehead atoms. The molecule has 7 heteroatoms. The first-order chi connectivity index (χ1) is 9.83. The average Bonchev–Trinajstić information content (AvgIpc) is 2.99. The molecule has 0 spiro atoms.